The number of hydrogen-bond acceptors (Lipinski definition) is 1. The molecule has 1 nitrogen and oxygen atoms in total. The molecule has 0 spiro atoms. The van der Waals surface area contributed by atoms with Crippen molar-refractivity contribution in [3.8, 4) is 0 Å². The van der Waals surface area contributed by atoms with Crippen LogP contribution in [-0.2, 0) is 0 Å². The molecule has 86 valence electrons. The van der Waals surface area contributed by atoms with E-state index in [1.165, 1.54) is 32.4 Å². The van der Waals surface area contributed by atoms with Gasteiger partial charge in [0, 0.05) is 0 Å². The summed E-state index contributed by atoms with van der Waals surface area (Å²) in [5.74, 6) is 0.858. The second-order valence-corrected chi connectivity index (χ2v) is 4.67. The molecule has 0 radical (unpaired) electrons. The average Bonchev–Trinajstić information content (AvgIpc) is 2.22. The summed E-state index contributed by atoms with van der Waals surface area (Å²) in [6, 6.07) is 0. The Morgan fingerprint density at radius 1 is 1.14 bits per heavy atom. The van der Waals surface area contributed by atoms with Crippen LogP contribution < -0.4 is 0 Å². The van der Waals surface area contributed by atoms with Crippen LogP contribution in [0.4, 0.5) is 0 Å². The van der Waals surface area contributed by atoms with Gasteiger partial charge in [0.2, 0.25) is 0 Å². The summed E-state index contributed by atoms with van der Waals surface area (Å²) in [7, 11) is 2.24. The van der Waals surface area contributed by atoms with Gasteiger partial charge in [-0.3, -0.25) is 0 Å². The van der Waals surface area contributed by atoms with E-state index in [4.69, 9.17) is 0 Å². The molecule has 0 aromatic heterocycles. The molecule has 0 aromatic rings. The Morgan fingerprint density at radius 2 is 1.57 bits per heavy atom. The summed E-state index contributed by atoms with van der Waals surface area (Å²) in [5.41, 5.74) is 0.659. The van der Waals surface area contributed by atoms with Crippen LogP contribution in [0.3, 0.4) is 0 Å². The normalized spacial score (nSPS) is 21.6. The lowest BCUT2D eigenvalue weighted by atomic mass is 9.68. The number of nitrogens with zero attached hydrogens (tertiary/aromatic N) is 1. The van der Waals surface area contributed by atoms with Crippen molar-refractivity contribution < 1.29 is 0 Å². The van der Waals surface area contributed by atoms with E-state index in [1.54, 1.807) is 0 Å². The third-order valence-corrected chi connectivity index (χ3v) is 3.91. The van der Waals surface area contributed by atoms with Crippen molar-refractivity contribution in [2.45, 2.75) is 53.9 Å². The first-order valence-corrected chi connectivity index (χ1v) is 6.29. The topological polar surface area (TPSA) is 3.24 Å². The number of piperidine rings is 1. The monoisotopic (exact) mass is 199 g/mol. The Labute approximate surface area is 90.9 Å². The van der Waals surface area contributed by atoms with Crippen molar-refractivity contribution in [3.05, 3.63) is 0 Å². The maximum absolute atomic E-state index is 2.45. The fourth-order valence-corrected chi connectivity index (χ4v) is 2.40. The molecule has 1 heteroatoms. The molecule has 0 aliphatic carbocycles. The second-order valence-electron chi connectivity index (χ2n) is 4.67. The van der Waals surface area contributed by atoms with E-state index in [9.17, 15) is 0 Å². The highest BCUT2D eigenvalue weighted by atomic mass is 15.1. The molecule has 0 N–H and O–H groups in total. The van der Waals surface area contributed by atoms with E-state index >= 15 is 0 Å². The molecule has 0 bridgehead atoms. The third kappa shape index (κ3) is 3.27. The molecule has 0 atom stereocenters. The zero-order valence-corrected chi connectivity index (χ0v) is 11.1. The van der Waals surface area contributed by atoms with Gasteiger partial charge >= 0.3 is 0 Å². The molecule has 1 saturated heterocycles. The van der Waals surface area contributed by atoms with E-state index < -0.39 is 0 Å². The van der Waals surface area contributed by atoms with Crippen molar-refractivity contribution in [1.82, 2.24) is 4.90 Å². The van der Waals surface area contributed by atoms with Gasteiger partial charge in [-0.15, -0.1) is 0 Å². The second kappa shape index (κ2) is 6.44. The first-order chi connectivity index (χ1) is 6.60. The van der Waals surface area contributed by atoms with Gasteiger partial charge < -0.3 is 4.90 Å². The molecule has 1 aliphatic rings. The van der Waals surface area contributed by atoms with E-state index in [2.05, 4.69) is 32.7 Å². The van der Waals surface area contributed by atoms with Crippen LogP contribution >= 0.6 is 0 Å². The molecule has 1 heterocycles. The van der Waals surface area contributed by atoms with Crippen LogP contribution in [0.5, 0.6) is 0 Å². The van der Waals surface area contributed by atoms with E-state index in [0.717, 1.165) is 5.92 Å². The van der Waals surface area contributed by atoms with Gasteiger partial charge in [0.05, 0.1) is 0 Å². The predicted octanol–water partition coefficient (Wildman–Crippen LogP) is 3.79. The van der Waals surface area contributed by atoms with Gasteiger partial charge in [0.1, 0.15) is 0 Å². The van der Waals surface area contributed by atoms with Crippen LogP contribution in [0, 0.1) is 11.3 Å². The van der Waals surface area contributed by atoms with Crippen molar-refractivity contribution in [1.29, 1.82) is 0 Å². The quantitative estimate of drug-likeness (QED) is 0.654. The Kier molecular flexibility index (Phi) is 6.43. The van der Waals surface area contributed by atoms with Crippen LogP contribution in [-0.4, -0.2) is 25.0 Å². The lowest BCUT2D eigenvalue weighted by Crippen LogP contribution is -2.40. The number of likely N-dealkylation sites (tertiary alicyclic amines) is 1. The highest BCUT2D eigenvalue weighted by Gasteiger charge is 2.34. The van der Waals surface area contributed by atoms with Crippen molar-refractivity contribution in [3.63, 3.8) is 0 Å². The van der Waals surface area contributed by atoms with E-state index in [0.29, 0.717) is 5.41 Å². The van der Waals surface area contributed by atoms with Crippen LogP contribution in [0.25, 0.3) is 0 Å². The van der Waals surface area contributed by atoms with Crippen molar-refractivity contribution in [2.24, 2.45) is 11.3 Å². The minimum Gasteiger partial charge on any atom is -0.306 e. The van der Waals surface area contributed by atoms with E-state index in [1.807, 2.05) is 13.8 Å². The van der Waals surface area contributed by atoms with Crippen LogP contribution in [0.2, 0.25) is 0 Å². The summed E-state index contributed by atoms with van der Waals surface area (Å²) in [5, 5.41) is 0. The minimum atomic E-state index is 0.659. The Morgan fingerprint density at radius 3 is 1.86 bits per heavy atom. The SMILES string of the molecule is CC.CCC1(C(C)C)CCN(C)CC1. The van der Waals surface area contributed by atoms with Gasteiger partial charge in [0.15, 0.2) is 0 Å². The number of rotatable bonds is 2. The van der Waals surface area contributed by atoms with Gasteiger partial charge in [-0.2, -0.15) is 0 Å². The predicted molar refractivity (Wildman–Crippen MR) is 65.6 cm³/mol. The third-order valence-electron chi connectivity index (χ3n) is 3.91. The highest BCUT2D eigenvalue weighted by Crippen LogP contribution is 2.41. The Hall–Kier alpha value is -0.0400. The average molecular weight is 199 g/mol. The molecule has 14 heavy (non-hydrogen) atoms. The highest BCUT2D eigenvalue weighted by molar-refractivity contribution is 4.86. The maximum Gasteiger partial charge on any atom is -0.00164 e. The zero-order valence-electron chi connectivity index (χ0n) is 11.1. The lowest BCUT2D eigenvalue weighted by molar-refractivity contribution is 0.0700. The molecule has 1 fully saturated rings. The summed E-state index contributed by atoms with van der Waals surface area (Å²) in [6.45, 7) is 13.7. The smallest absolute Gasteiger partial charge is 0.00164 e. The Bertz CT molecular complexity index is 132. The maximum atomic E-state index is 2.45. The summed E-state index contributed by atoms with van der Waals surface area (Å²) >= 11 is 0. The first-order valence-electron chi connectivity index (χ1n) is 6.29. The minimum absolute atomic E-state index is 0.659. The number of hydrogen-bond donors (Lipinski definition) is 0. The first kappa shape index (κ1) is 14.0. The van der Waals surface area contributed by atoms with Gasteiger partial charge in [-0.1, -0.05) is 41.0 Å². The fraction of sp³-hybridized carbons (Fsp3) is 1.00. The standard InChI is InChI=1S/C11H23N.C2H6/c1-5-11(10(2)3)6-8-12(4)9-7-11;1-2/h10H,5-9H2,1-4H3;1-2H3. The molecule has 0 saturated carbocycles. The van der Waals surface area contributed by atoms with Gasteiger partial charge in [-0.05, 0) is 44.3 Å². The van der Waals surface area contributed by atoms with Gasteiger partial charge in [0.25, 0.3) is 0 Å². The lowest BCUT2D eigenvalue weighted by Gasteiger charge is -2.43. The van der Waals surface area contributed by atoms with E-state index in [-0.39, 0.29) is 0 Å². The van der Waals surface area contributed by atoms with Crippen molar-refractivity contribution >= 4 is 0 Å². The molecule has 0 aromatic carbocycles. The molecular formula is C13H29N. The summed E-state index contributed by atoms with van der Waals surface area (Å²) < 4.78 is 0. The molecule has 1 rings (SSSR count). The summed E-state index contributed by atoms with van der Waals surface area (Å²) in [4.78, 5) is 2.45. The fourth-order valence-electron chi connectivity index (χ4n) is 2.40. The largest absolute Gasteiger partial charge is 0.306 e. The molecule has 1 aliphatic heterocycles. The molecule has 0 amide bonds. The van der Waals surface area contributed by atoms with Gasteiger partial charge in [-0.25, -0.2) is 0 Å². The summed E-state index contributed by atoms with van der Waals surface area (Å²) in [6.07, 6.45) is 4.16. The van der Waals surface area contributed by atoms with Crippen molar-refractivity contribution in [2.75, 3.05) is 20.1 Å². The van der Waals surface area contributed by atoms with Crippen LogP contribution in [0.15, 0.2) is 0 Å². The Balaban J connectivity index is 0.000000791. The molecule has 0 unspecified atom stereocenters. The molecular weight excluding hydrogens is 170 g/mol. The van der Waals surface area contributed by atoms with Crippen LogP contribution in [0.1, 0.15) is 53.9 Å². The zero-order chi connectivity index (χ0) is 11.2.